The van der Waals surface area contributed by atoms with E-state index in [-0.39, 0.29) is 10.6 Å². The zero-order chi connectivity index (χ0) is 28.9. The maximum atomic E-state index is 6.54. The van der Waals surface area contributed by atoms with Crippen molar-refractivity contribution in [2.24, 2.45) is 5.41 Å². The second-order valence-corrected chi connectivity index (χ2v) is 17.3. The Morgan fingerprint density at radius 2 is 0.949 bits per heavy atom. The third-order valence-corrected chi connectivity index (χ3v) is 16.6. The van der Waals surface area contributed by atoms with Crippen LogP contribution in [0.1, 0.15) is 114 Å². The van der Waals surface area contributed by atoms with Gasteiger partial charge in [-0.15, -0.1) is 0 Å². The minimum atomic E-state index is -3.26. The average Bonchev–Trinajstić information content (AvgIpc) is 2.83. The molecule has 39 heavy (non-hydrogen) atoms. The first-order valence-electron chi connectivity index (χ1n) is 15.9. The summed E-state index contributed by atoms with van der Waals surface area (Å²) in [5.74, 6) is 0. The van der Waals surface area contributed by atoms with Gasteiger partial charge in [0.1, 0.15) is 0 Å². The largest absolute Gasteiger partial charge is 0.508 e. The van der Waals surface area contributed by atoms with Crippen molar-refractivity contribution in [1.29, 1.82) is 0 Å². The highest BCUT2D eigenvalue weighted by Crippen LogP contribution is 2.50. The van der Waals surface area contributed by atoms with E-state index in [1.165, 1.54) is 0 Å². The standard InChI is InChI=1S/C29H60O8Si2/c1-10-18-29(22-26-20-24(8)36-26,23-27-21-25(9)37-27)19-17-28(38(30-11-2,31-12-3)32-13-4)39(33-14-5,34-15-6)35-16-7/h24-28H,10-23H2,1-9H3. The van der Waals surface area contributed by atoms with E-state index in [0.29, 0.717) is 64.1 Å². The lowest BCUT2D eigenvalue weighted by Crippen LogP contribution is -2.64. The fourth-order valence-corrected chi connectivity index (χ4v) is 15.2. The minimum absolute atomic E-state index is 0.0815. The first kappa shape index (κ1) is 35.3. The van der Waals surface area contributed by atoms with Gasteiger partial charge in [-0.05, 0) is 106 Å². The summed E-state index contributed by atoms with van der Waals surface area (Å²) >= 11 is 0. The normalized spacial score (nSPS) is 25.4. The van der Waals surface area contributed by atoms with Gasteiger partial charge < -0.3 is 36.0 Å². The van der Waals surface area contributed by atoms with Crippen molar-refractivity contribution in [2.75, 3.05) is 39.6 Å². The Balaban J connectivity index is 2.53. The van der Waals surface area contributed by atoms with Crippen molar-refractivity contribution < 1.29 is 36.0 Å². The Labute approximate surface area is 241 Å². The summed E-state index contributed by atoms with van der Waals surface area (Å²) in [5.41, 5.74) is 0.0815. The van der Waals surface area contributed by atoms with Gasteiger partial charge in [0, 0.05) is 39.6 Å². The number of hydrogen-bond acceptors (Lipinski definition) is 8. The van der Waals surface area contributed by atoms with Crippen molar-refractivity contribution in [3.8, 4) is 0 Å². The van der Waals surface area contributed by atoms with E-state index in [1.807, 2.05) is 41.5 Å². The number of hydrogen-bond donors (Lipinski definition) is 0. The molecule has 232 valence electrons. The number of rotatable bonds is 23. The topological polar surface area (TPSA) is 73.8 Å². The Morgan fingerprint density at radius 3 is 1.21 bits per heavy atom. The lowest BCUT2D eigenvalue weighted by molar-refractivity contribution is -0.159. The highest BCUT2D eigenvalue weighted by molar-refractivity contribution is 6.82. The molecule has 10 heteroatoms. The lowest BCUT2D eigenvalue weighted by atomic mass is 9.69. The van der Waals surface area contributed by atoms with E-state index in [9.17, 15) is 0 Å². The van der Waals surface area contributed by atoms with Gasteiger partial charge in [0.15, 0.2) is 0 Å². The molecule has 0 amide bonds. The number of ether oxygens (including phenoxy) is 2. The first-order valence-corrected chi connectivity index (χ1v) is 19.5. The van der Waals surface area contributed by atoms with Crippen LogP contribution in [0.15, 0.2) is 0 Å². The maximum absolute atomic E-state index is 6.54. The van der Waals surface area contributed by atoms with Gasteiger partial charge in [0.05, 0.1) is 29.6 Å². The molecule has 2 aliphatic heterocycles. The van der Waals surface area contributed by atoms with Crippen LogP contribution in [-0.4, -0.2) is 81.7 Å². The molecular formula is C29H60O8Si2. The van der Waals surface area contributed by atoms with Crippen molar-refractivity contribution in [2.45, 2.75) is 143 Å². The Kier molecular flexibility index (Phi) is 15.6. The van der Waals surface area contributed by atoms with Crippen LogP contribution in [0.4, 0.5) is 0 Å². The van der Waals surface area contributed by atoms with Gasteiger partial charge in [-0.1, -0.05) is 13.3 Å². The van der Waals surface area contributed by atoms with Gasteiger partial charge in [0.25, 0.3) is 0 Å². The zero-order valence-corrected chi connectivity index (χ0v) is 28.6. The van der Waals surface area contributed by atoms with Crippen LogP contribution in [0.2, 0.25) is 5.16 Å². The monoisotopic (exact) mass is 592 g/mol. The van der Waals surface area contributed by atoms with Crippen LogP contribution in [0.5, 0.6) is 0 Å². The third kappa shape index (κ3) is 9.56. The maximum Gasteiger partial charge on any atom is 0.508 e. The molecule has 4 atom stereocenters. The van der Waals surface area contributed by atoms with E-state index < -0.39 is 17.6 Å². The molecule has 0 aromatic carbocycles. The van der Waals surface area contributed by atoms with Crippen LogP contribution in [0, 0.1) is 5.41 Å². The predicted molar refractivity (Wildman–Crippen MR) is 159 cm³/mol. The molecule has 2 aliphatic rings. The van der Waals surface area contributed by atoms with E-state index in [2.05, 4.69) is 20.8 Å². The summed E-state index contributed by atoms with van der Waals surface area (Å²) in [5, 5.41) is -0.219. The van der Waals surface area contributed by atoms with Crippen molar-refractivity contribution in [3.05, 3.63) is 0 Å². The molecule has 0 spiro atoms. The van der Waals surface area contributed by atoms with Crippen molar-refractivity contribution in [3.63, 3.8) is 0 Å². The summed E-state index contributed by atoms with van der Waals surface area (Å²) in [6, 6.07) is 0. The first-order chi connectivity index (χ1) is 18.7. The highest BCUT2D eigenvalue weighted by atomic mass is 28.5. The lowest BCUT2D eigenvalue weighted by Gasteiger charge is -2.48. The molecule has 0 saturated carbocycles. The molecular weight excluding hydrogens is 532 g/mol. The molecule has 8 nitrogen and oxygen atoms in total. The second-order valence-electron chi connectivity index (χ2n) is 11.2. The molecule has 0 bridgehead atoms. The second kappa shape index (κ2) is 17.3. The molecule has 0 aromatic rings. The van der Waals surface area contributed by atoms with Gasteiger partial charge in [-0.3, -0.25) is 0 Å². The quantitative estimate of drug-likeness (QED) is 0.121. The van der Waals surface area contributed by atoms with Crippen molar-refractivity contribution in [1.82, 2.24) is 0 Å². The highest BCUT2D eigenvalue weighted by Gasteiger charge is 2.65. The zero-order valence-electron chi connectivity index (χ0n) is 26.6. The molecule has 2 rings (SSSR count). The van der Waals surface area contributed by atoms with Gasteiger partial charge in [-0.2, -0.15) is 0 Å². The Hall–Kier alpha value is 0.114. The van der Waals surface area contributed by atoms with Gasteiger partial charge in [-0.25, -0.2) is 0 Å². The summed E-state index contributed by atoms with van der Waals surface area (Å²) in [6.45, 7) is 21.7. The van der Waals surface area contributed by atoms with Crippen LogP contribution in [0.3, 0.4) is 0 Å². The van der Waals surface area contributed by atoms with E-state index in [4.69, 9.17) is 36.0 Å². The summed E-state index contributed by atoms with van der Waals surface area (Å²) in [7, 11) is -6.52. The molecule has 0 radical (unpaired) electrons. The summed E-state index contributed by atoms with van der Waals surface area (Å²) in [4.78, 5) is 0. The van der Waals surface area contributed by atoms with E-state index >= 15 is 0 Å². The Morgan fingerprint density at radius 1 is 0.615 bits per heavy atom. The molecule has 4 unspecified atom stereocenters. The molecule has 0 aromatic heterocycles. The Bertz CT molecular complexity index is 577. The third-order valence-electron chi connectivity index (χ3n) is 8.03. The van der Waals surface area contributed by atoms with Gasteiger partial charge in [0.2, 0.25) is 0 Å². The SMILES string of the molecule is CCCC(CCC([Si](OCC)(OCC)OCC)[Si](OCC)(OCC)OCC)(CC1CC(C)O1)CC1CC(C)O1. The molecule has 2 saturated heterocycles. The van der Waals surface area contributed by atoms with E-state index in [0.717, 1.165) is 51.4 Å². The van der Waals surface area contributed by atoms with Crippen LogP contribution >= 0.6 is 0 Å². The minimum Gasteiger partial charge on any atom is -0.375 e. The molecule has 2 heterocycles. The smallest absolute Gasteiger partial charge is 0.375 e. The van der Waals surface area contributed by atoms with Crippen molar-refractivity contribution >= 4 is 17.6 Å². The summed E-state index contributed by atoms with van der Waals surface area (Å²) in [6.07, 6.45) is 9.67. The fraction of sp³-hybridized carbons (Fsp3) is 1.00. The van der Waals surface area contributed by atoms with Crippen LogP contribution < -0.4 is 0 Å². The van der Waals surface area contributed by atoms with E-state index in [1.54, 1.807) is 0 Å². The molecule has 0 N–H and O–H groups in total. The average molecular weight is 593 g/mol. The summed E-state index contributed by atoms with van der Waals surface area (Å²) < 4.78 is 51.6. The van der Waals surface area contributed by atoms with Crippen LogP contribution in [0.25, 0.3) is 0 Å². The molecule has 2 fully saturated rings. The predicted octanol–water partition coefficient (Wildman–Crippen LogP) is 6.69. The molecule has 0 aliphatic carbocycles. The van der Waals surface area contributed by atoms with Gasteiger partial charge >= 0.3 is 17.6 Å². The fourth-order valence-electron chi connectivity index (χ4n) is 6.83. The van der Waals surface area contributed by atoms with Crippen LogP contribution in [-0.2, 0) is 36.0 Å².